The second kappa shape index (κ2) is 4.84. The van der Waals surface area contributed by atoms with Crippen LogP contribution in [0.15, 0.2) is 36.7 Å². The summed E-state index contributed by atoms with van der Waals surface area (Å²) in [6, 6.07) is 7.93. The summed E-state index contributed by atoms with van der Waals surface area (Å²) in [6.07, 6.45) is 3.37. The molecule has 0 radical (unpaired) electrons. The molecule has 3 rings (SSSR count). The Labute approximate surface area is 124 Å². The van der Waals surface area contributed by atoms with E-state index in [1.165, 1.54) is 0 Å². The van der Waals surface area contributed by atoms with Crippen LogP contribution < -0.4 is 10.2 Å². The van der Waals surface area contributed by atoms with Crippen LogP contribution in [-0.2, 0) is 16.8 Å². The fourth-order valence-electron chi connectivity index (χ4n) is 2.68. The first-order valence-corrected chi connectivity index (χ1v) is 6.94. The van der Waals surface area contributed by atoms with Crippen molar-refractivity contribution in [3.8, 4) is 0 Å². The van der Waals surface area contributed by atoms with E-state index in [1.807, 2.05) is 38.1 Å². The van der Waals surface area contributed by atoms with Gasteiger partial charge in [0.2, 0.25) is 5.91 Å². The van der Waals surface area contributed by atoms with Crippen molar-refractivity contribution in [1.82, 2.24) is 9.97 Å². The minimum absolute atomic E-state index is 0.100. The Morgan fingerprint density at radius 3 is 2.62 bits per heavy atom. The zero-order valence-electron chi connectivity index (χ0n) is 12.4. The van der Waals surface area contributed by atoms with E-state index in [2.05, 4.69) is 15.3 Å². The molecule has 1 amide bonds. The molecule has 0 unspecified atom stereocenters. The monoisotopic (exact) mass is 282 g/mol. The molecule has 0 bridgehead atoms. The van der Waals surface area contributed by atoms with Crippen LogP contribution in [0.4, 0.5) is 11.5 Å². The lowest BCUT2D eigenvalue weighted by Crippen LogP contribution is -2.35. The number of carbonyl (C=O) groups excluding carboxylic acids is 1. The Morgan fingerprint density at radius 2 is 1.95 bits per heavy atom. The molecule has 5 nitrogen and oxygen atoms in total. The number of hydrogen-bond donors (Lipinski definition) is 1. The van der Waals surface area contributed by atoms with Crippen LogP contribution in [0.5, 0.6) is 0 Å². The van der Waals surface area contributed by atoms with Gasteiger partial charge >= 0.3 is 0 Å². The van der Waals surface area contributed by atoms with Crippen LogP contribution in [0.3, 0.4) is 0 Å². The average Bonchev–Trinajstić information content (AvgIpc) is 2.70. The molecule has 1 aromatic heterocycles. The normalized spacial score (nSPS) is 16.0. The summed E-state index contributed by atoms with van der Waals surface area (Å²) >= 11 is 0. The molecule has 5 heteroatoms. The van der Waals surface area contributed by atoms with E-state index in [-0.39, 0.29) is 5.91 Å². The molecule has 21 heavy (non-hydrogen) atoms. The second-order valence-electron chi connectivity index (χ2n) is 5.68. The van der Waals surface area contributed by atoms with Crippen molar-refractivity contribution < 1.29 is 4.79 Å². The summed E-state index contributed by atoms with van der Waals surface area (Å²) < 4.78 is 0. The summed E-state index contributed by atoms with van der Waals surface area (Å²) in [5, 5.41) is 2.93. The highest BCUT2D eigenvalue weighted by molar-refractivity contribution is 6.07. The molecule has 1 aromatic carbocycles. The molecular formula is C16H18N4O. The summed E-state index contributed by atoms with van der Waals surface area (Å²) in [7, 11) is 1.80. The zero-order valence-corrected chi connectivity index (χ0v) is 12.4. The number of hydrogen-bond acceptors (Lipinski definition) is 4. The number of rotatable bonds is 3. The van der Waals surface area contributed by atoms with E-state index in [1.54, 1.807) is 24.3 Å². The van der Waals surface area contributed by atoms with E-state index in [4.69, 9.17) is 0 Å². The number of amides is 1. The van der Waals surface area contributed by atoms with Crippen molar-refractivity contribution in [2.75, 3.05) is 17.3 Å². The molecular weight excluding hydrogens is 264 g/mol. The van der Waals surface area contributed by atoms with Crippen LogP contribution in [0.2, 0.25) is 0 Å². The SMILES string of the molecule is CNc1cnc(CN2C(=O)C(C)(C)c3ccccc32)cn1. The first-order chi connectivity index (χ1) is 10.0. The number of nitrogens with zero attached hydrogens (tertiary/aromatic N) is 3. The Morgan fingerprint density at radius 1 is 1.19 bits per heavy atom. The van der Waals surface area contributed by atoms with Crippen LogP contribution in [-0.4, -0.2) is 22.9 Å². The van der Waals surface area contributed by atoms with Gasteiger partial charge in [-0.15, -0.1) is 0 Å². The number of nitrogens with one attached hydrogen (secondary N) is 1. The standard InChI is InChI=1S/C16H18N4O/c1-16(2)12-6-4-5-7-13(12)20(15(16)21)10-11-8-19-14(17-3)9-18-11/h4-9H,10H2,1-3H3,(H,17,19). The molecule has 0 saturated carbocycles. The minimum Gasteiger partial charge on any atom is -0.372 e. The number of para-hydroxylation sites is 1. The van der Waals surface area contributed by atoms with Crippen molar-refractivity contribution in [2.45, 2.75) is 25.8 Å². The first kappa shape index (κ1) is 13.5. The lowest BCUT2D eigenvalue weighted by atomic mass is 9.86. The van der Waals surface area contributed by atoms with E-state index in [0.717, 1.165) is 16.9 Å². The maximum Gasteiger partial charge on any atom is 0.237 e. The quantitative estimate of drug-likeness (QED) is 0.938. The average molecular weight is 282 g/mol. The lowest BCUT2D eigenvalue weighted by molar-refractivity contribution is -0.122. The maximum absolute atomic E-state index is 12.7. The summed E-state index contributed by atoms with van der Waals surface area (Å²) in [4.78, 5) is 23.1. The molecule has 0 saturated heterocycles. The predicted octanol–water partition coefficient (Wildman–Crippen LogP) is 2.34. The third-order valence-electron chi connectivity index (χ3n) is 3.93. The molecule has 108 valence electrons. The Balaban J connectivity index is 1.93. The van der Waals surface area contributed by atoms with Gasteiger partial charge in [-0.1, -0.05) is 18.2 Å². The smallest absolute Gasteiger partial charge is 0.237 e. The molecule has 0 fully saturated rings. The third kappa shape index (κ3) is 2.14. The molecule has 2 aromatic rings. The van der Waals surface area contributed by atoms with Gasteiger partial charge in [0, 0.05) is 12.7 Å². The third-order valence-corrected chi connectivity index (χ3v) is 3.93. The van der Waals surface area contributed by atoms with Crippen LogP contribution in [0.25, 0.3) is 0 Å². The van der Waals surface area contributed by atoms with E-state index in [0.29, 0.717) is 12.4 Å². The van der Waals surface area contributed by atoms with Crippen LogP contribution >= 0.6 is 0 Å². The molecule has 1 aliphatic rings. The predicted molar refractivity (Wildman–Crippen MR) is 82.2 cm³/mol. The fraction of sp³-hybridized carbons (Fsp3) is 0.312. The molecule has 0 aliphatic carbocycles. The van der Waals surface area contributed by atoms with Gasteiger partial charge in [0.25, 0.3) is 0 Å². The summed E-state index contributed by atoms with van der Waals surface area (Å²) in [5.41, 5.74) is 2.31. The van der Waals surface area contributed by atoms with E-state index >= 15 is 0 Å². The number of carbonyl (C=O) groups is 1. The Bertz CT molecular complexity index is 679. The topological polar surface area (TPSA) is 58.1 Å². The van der Waals surface area contributed by atoms with Gasteiger partial charge in [0.15, 0.2) is 0 Å². The lowest BCUT2D eigenvalue weighted by Gasteiger charge is -2.20. The molecule has 0 atom stereocenters. The van der Waals surface area contributed by atoms with Gasteiger partial charge in [-0.2, -0.15) is 0 Å². The molecule has 0 spiro atoms. The van der Waals surface area contributed by atoms with E-state index in [9.17, 15) is 4.79 Å². The van der Waals surface area contributed by atoms with Gasteiger partial charge in [0.05, 0.1) is 30.0 Å². The highest BCUT2D eigenvalue weighted by atomic mass is 16.2. The molecule has 1 aliphatic heterocycles. The van der Waals surface area contributed by atoms with Gasteiger partial charge < -0.3 is 10.2 Å². The minimum atomic E-state index is -0.491. The van der Waals surface area contributed by atoms with Gasteiger partial charge in [-0.3, -0.25) is 9.78 Å². The largest absolute Gasteiger partial charge is 0.372 e. The first-order valence-electron chi connectivity index (χ1n) is 6.94. The van der Waals surface area contributed by atoms with Gasteiger partial charge in [0.1, 0.15) is 5.82 Å². The zero-order chi connectivity index (χ0) is 15.0. The van der Waals surface area contributed by atoms with Crippen LogP contribution in [0, 0.1) is 0 Å². The summed E-state index contributed by atoms with van der Waals surface area (Å²) in [5.74, 6) is 0.815. The van der Waals surface area contributed by atoms with Crippen LogP contribution in [0.1, 0.15) is 25.1 Å². The molecule has 1 N–H and O–H groups in total. The second-order valence-corrected chi connectivity index (χ2v) is 5.68. The van der Waals surface area contributed by atoms with Gasteiger partial charge in [-0.25, -0.2) is 4.98 Å². The van der Waals surface area contributed by atoms with Crippen molar-refractivity contribution in [1.29, 1.82) is 0 Å². The van der Waals surface area contributed by atoms with Crippen molar-refractivity contribution >= 4 is 17.4 Å². The Hall–Kier alpha value is -2.43. The highest BCUT2D eigenvalue weighted by Crippen LogP contribution is 2.41. The van der Waals surface area contributed by atoms with Crippen molar-refractivity contribution in [3.63, 3.8) is 0 Å². The van der Waals surface area contributed by atoms with E-state index < -0.39 is 5.41 Å². The van der Waals surface area contributed by atoms with Gasteiger partial charge in [-0.05, 0) is 25.5 Å². The molecule has 2 heterocycles. The number of anilines is 2. The maximum atomic E-state index is 12.7. The fourth-order valence-corrected chi connectivity index (χ4v) is 2.68. The summed E-state index contributed by atoms with van der Waals surface area (Å²) in [6.45, 7) is 4.37. The van der Waals surface area contributed by atoms with Crippen molar-refractivity contribution in [2.24, 2.45) is 0 Å². The number of aromatic nitrogens is 2. The highest BCUT2D eigenvalue weighted by Gasteiger charge is 2.43. The van der Waals surface area contributed by atoms with Crippen molar-refractivity contribution in [3.05, 3.63) is 47.9 Å². The number of fused-ring (bicyclic) bond motifs is 1. The Kier molecular flexibility index (Phi) is 3.12. The number of benzene rings is 1.